The fraction of sp³-hybridized carbons (Fsp3) is 0.636. The summed E-state index contributed by atoms with van der Waals surface area (Å²) in [5.41, 5.74) is 0.464. The van der Waals surface area contributed by atoms with Gasteiger partial charge in [-0.15, -0.1) is 24.0 Å². The standard InChI is InChI=1S/C22H32F2N4OS.HI/c1-2-25-22(26-10-9-16-3-6-18(23)15-20(16)24)27-19-7-4-17(5-8-19)21(29)28-11-13-30-14-12-28;/h3,6,15,17,19H,2,4-5,7-14H2,1H3,(H2,25,26,27);1H. The number of carbonyl (C=O) groups excluding carboxylic acids is 1. The monoisotopic (exact) mass is 566 g/mol. The van der Waals surface area contributed by atoms with E-state index >= 15 is 0 Å². The van der Waals surface area contributed by atoms with E-state index in [1.807, 2.05) is 23.6 Å². The predicted molar refractivity (Wildman–Crippen MR) is 134 cm³/mol. The lowest BCUT2D eigenvalue weighted by molar-refractivity contribution is -0.136. The molecule has 0 unspecified atom stereocenters. The second kappa shape index (κ2) is 13.4. The Bertz CT molecular complexity index is 738. The van der Waals surface area contributed by atoms with Gasteiger partial charge < -0.3 is 15.5 Å². The molecule has 1 saturated carbocycles. The summed E-state index contributed by atoms with van der Waals surface area (Å²) in [7, 11) is 0. The predicted octanol–water partition coefficient (Wildman–Crippen LogP) is 3.81. The van der Waals surface area contributed by atoms with Gasteiger partial charge in [-0.1, -0.05) is 6.07 Å². The number of hydrogen-bond acceptors (Lipinski definition) is 3. The van der Waals surface area contributed by atoms with Crippen molar-refractivity contribution >= 4 is 47.6 Å². The number of nitrogens with zero attached hydrogens (tertiary/aromatic N) is 2. The zero-order chi connectivity index (χ0) is 21.3. The van der Waals surface area contributed by atoms with Crippen LogP contribution in [0.3, 0.4) is 0 Å². The molecule has 9 heteroatoms. The Hall–Kier alpha value is -1.10. The third-order valence-electron chi connectivity index (χ3n) is 5.75. The number of halogens is 3. The third-order valence-corrected chi connectivity index (χ3v) is 6.69. The van der Waals surface area contributed by atoms with E-state index in [4.69, 9.17) is 0 Å². The fourth-order valence-electron chi connectivity index (χ4n) is 4.05. The maximum absolute atomic E-state index is 13.8. The average molecular weight is 567 g/mol. The van der Waals surface area contributed by atoms with Crippen LogP contribution in [-0.4, -0.2) is 60.5 Å². The van der Waals surface area contributed by atoms with Gasteiger partial charge in [0.2, 0.25) is 5.91 Å². The Labute approximate surface area is 205 Å². The van der Waals surface area contributed by atoms with Crippen LogP contribution < -0.4 is 10.6 Å². The second-order valence-electron chi connectivity index (χ2n) is 7.88. The molecule has 174 valence electrons. The number of hydrogen-bond donors (Lipinski definition) is 2. The number of aliphatic imine (C=N–C) groups is 1. The zero-order valence-electron chi connectivity index (χ0n) is 18.0. The molecule has 0 bridgehead atoms. The van der Waals surface area contributed by atoms with Gasteiger partial charge in [0.25, 0.3) is 0 Å². The van der Waals surface area contributed by atoms with Gasteiger partial charge in [0.1, 0.15) is 11.6 Å². The number of carbonyl (C=O) groups is 1. The molecule has 1 saturated heterocycles. The zero-order valence-corrected chi connectivity index (χ0v) is 21.2. The van der Waals surface area contributed by atoms with Crippen molar-refractivity contribution in [2.24, 2.45) is 10.9 Å². The molecule has 1 aromatic rings. The molecule has 0 spiro atoms. The van der Waals surface area contributed by atoms with Crippen LogP contribution >= 0.6 is 35.7 Å². The Morgan fingerprint density at radius 3 is 2.55 bits per heavy atom. The quantitative estimate of drug-likeness (QED) is 0.313. The highest BCUT2D eigenvalue weighted by molar-refractivity contribution is 14.0. The second-order valence-corrected chi connectivity index (χ2v) is 9.10. The van der Waals surface area contributed by atoms with E-state index in [1.54, 1.807) is 0 Å². The molecule has 2 N–H and O–H groups in total. The summed E-state index contributed by atoms with van der Waals surface area (Å²) in [6, 6.07) is 3.94. The van der Waals surface area contributed by atoms with Gasteiger partial charge in [0, 0.05) is 55.7 Å². The van der Waals surface area contributed by atoms with E-state index in [9.17, 15) is 13.6 Å². The van der Waals surface area contributed by atoms with Crippen LogP contribution in [0.1, 0.15) is 38.2 Å². The summed E-state index contributed by atoms with van der Waals surface area (Å²) >= 11 is 1.92. The van der Waals surface area contributed by atoms with E-state index < -0.39 is 11.6 Å². The average Bonchev–Trinajstić information content (AvgIpc) is 2.76. The maximum Gasteiger partial charge on any atom is 0.225 e. The summed E-state index contributed by atoms with van der Waals surface area (Å²) in [6.45, 7) is 4.92. The van der Waals surface area contributed by atoms with Crippen molar-refractivity contribution in [3.63, 3.8) is 0 Å². The van der Waals surface area contributed by atoms with Crippen molar-refractivity contribution in [2.45, 2.75) is 45.1 Å². The molecule has 0 atom stereocenters. The maximum atomic E-state index is 13.8. The third kappa shape index (κ3) is 8.07. The summed E-state index contributed by atoms with van der Waals surface area (Å²) in [5.74, 6) is 2.19. The minimum Gasteiger partial charge on any atom is -0.357 e. The highest BCUT2D eigenvalue weighted by Crippen LogP contribution is 2.27. The van der Waals surface area contributed by atoms with Crippen molar-refractivity contribution in [3.8, 4) is 0 Å². The van der Waals surface area contributed by atoms with Crippen molar-refractivity contribution in [3.05, 3.63) is 35.4 Å². The Morgan fingerprint density at radius 1 is 1.19 bits per heavy atom. The van der Waals surface area contributed by atoms with E-state index in [0.717, 1.165) is 62.9 Å². The van der Waals surface area contributed by atoms with Crippen molar-refractivity contribution in [1.82, 2.24) is 15.5 Å². The highest BCUT2D eigenvalue weighted by atomic mass is 127. The van der Waals surface area contributed by atoms with Crippen LogP contribution in [0.5, 0.6) is 0 Å². The Morgan fingerprint density at radius 2 is 1.90 bits per heavy atom. The molecule has 5 nitrogen and oxygen atoms in total. The Balaban J connectivity index is 0.00000341. The van der Waals surface area contributed by atoms with Crippen LogP contribution in [0.4, 0.5) is 8.78 Å². The van der Waals surface area contributed by atoms with Crippen LogP contribution in [0.25, 0.3) is 0 Å². The number of guanidine groups is 1. The normalized spacial score (nSPS) is 21.9. The first-order valence-electron chi connectivity index (χ1n) is 10.9. The van der Waals surface area contributed by atoms with E-state index in [2.05, 4.69) is 15.6 Å². The van der Waals surface area contributed by atoms with E-state index in [-0.39, 0.29) is 35.9 Å². The molecule has 1 aromatic carbocycles. The topological polar surface area (TPSA) is 56.7 Å². The van der Waals surface area contributed by atoms with Crippen LogP contribution in [0, 0.1) is 17.6 Å². The number of rotatable bonds is 6. The molecule has 1 amide bonds. The highest BCUT2D eigenvalue weighted by Gasteiger charge is 2.30. The van der Waals surface area contributed by atoms with Crippen molar-refractivity contribution in [1.29, 1.82) is 0 Å². The number of thioether (sulfide) groups is 1. The molecule has 2 fully saturated rings. The molecular weight excluding hydrogens is 533 g/mol. The molecule has 2 aliphatic rings. The molecular formula is C22H33F2IN4OS. The molecule has 1 heterocycles. The lowest BCUT2D eigenvalue weighted by Crippen LogP contribution is -2.47. The van der Waals surface area contributed by atoms with Gasteiger partial charge in [-0.3, -0.25) is 9.79 Å². The van der Waals surface area contributed by atoms with Crippen molar-refractivity contribution in [2.75, 3.05) is 37.7 Å². The summed E-state index contributed by atoms with van der Waals surface area (Å²) in [5, 5.41) is 6.70. The van der Waals surface area contributed by atoms with Gasteiger partial charge in [0.15, 0.2) is 5.96 Å². The van der Waals surface area contributed by atoms with E-state index in [0.29, 0.717) is 30.4 Å². The van der Waals surface area contributed by atoms with Crippen molar-refractivity contribution < 1.29 is 13.6 Å². The molecule has 0 radical (unpaired) electrons. The number of amides is 1. The number of nitrogens with one attached hydrogen (secondary N) is 2. The summed E-state index contributed by atoms with van der Waals surface area (Å²) < 4.78 is 26.8. The molecule has 3 rings (SSSR count). The van der Waals surface area contributed by atoms with Gasteiger partial charge in [0.05, 0.1) is 0 Å². The number of benzene rings is 1. The molecule has 1 aliphatic carbocycles. The first-order valence-corrected chi connectivity index (χ1v) is 12.1. The van der Waals surface area contributed by atoms with Gasteiger partial charge in [-0.25, -0.2) is 8.78 Å². The minimum atomic E-state index is -0.567. The molecule has 0 aromatic heterocycles. The summed E-state index contributed by atoms with van der Waals surface area (Å²) in [6.07, 6.45) is 4.10. The lowest BCUT2D eigenvalue weighted by Gasteiger charge is -2.34. The SMILES string of the molecule is CCNC(=NCCc1ccc(F)cc1F)NC1CCC(C(=O)N2CCSCC2)CC1.I. The van der Waals surface area contributed by atoms with Crippen LogP contribution in [-0.2, 0) is 11.2 Å². The lowest BCUT2D eigenvalue weighted by atomic mass is 9.85. The van der Waals surface area contributed by atoms with E-state index in [1.165, 1.54) is 12.1 Å². The fourth-order valence-corrected chi connectivity index (χ4v) is 4.96. The first-order chi connectivity index (χ1) is 14.6. The smallest absolute Gasteiger partial charge is 0.225 e. The van der Waals surface area contributed by atoms with Gasteiger partial charge >= 0.3 is 0 Å². The van der Waals surface area contributed by atoms with Crippen LogP contribution in [0.15, 0.2) is 23.2 Å². The Kier molecular flexibility index (Phi) is 11.3. The minimum absolute atomic E-state index is 0. The first kappa shape index (κ1) is 26.2. The van der Waals surface area contributed by atoms with Gasteiger partial charge in [-0.2, -0.15) is 11.8 Å². The molecule has 1 aliphatic heterocycles. The summed E-state index contributed by atoms with van der Waals surface area (Å²) in [4.78, 5) is 19.3. The van der Waals surface area contributed by atoms with Gasteiger partial charge in [-0.05, 0) is 50.7 Å². The molecule has 31 heavy (non-hydrogen) atoms. The van der Waals surface area contributed by atoms with Crippen LogP contribution in [0.2, 0.25) is 0 Å². The largest absolute Gasteiger partial charge is 0.357 e.